The summed E-state index contributed by atoms with van der Waals surface area (Å²) in [6.45, 7) is 0. The Kier molecular flexibility index (Phi) is 4.18. The number of nitrogens with zero attached hydrogens (tertiary/aromatic N) is 4. The number of H-pyrrole nitrogens is 1. The topological polar surface area (TPSA) is 106 Å². The summed E-state index contributed by atoms with van der Waals surface area (Å²) in [5.41, 5.74) is 4.21. The van der Waals surface area contributed by atoms with Crippen molar-refractivity contribution in [2.45, 2.75) is 57.0 Å². The van der Waals surface area contributed by atoms with Crippen LogP contribution < -0.4 is 10.9 Å². The normalized spacial score (nSPS) is 21.6. The highest BCUT2D eigenvalue weighted by molar-refractivity contribution is 5.97. The first kappa shape index (κ1) is 17.1. The zero-order valence-corrected chi connectivity index (χ0v) is 15.5. The fourth-order valence-electron chi connectivity index (χ4n) is 4.39. The molecule has 0 aliphatic heterocycles. The minimum Gasteiger partial charge on any atom is -0.349 e. The number of amides is 1. The van der Waals surface area contributed by atoms with Gasteiger partial charge in [-0.2, -0.15) is 20.5 Å². The van der Waals surface area contributed by atoms with Gasteiger partial charge in [0, 0.05) is 17.7 Å². The van der Waals surface area contributed by atoms with Gasteiger partial charge in [0.15, 0.2) is 0 Å². The van der Waals surface area contributed by atoms with E-state index in [9.17, 15) is 9.59 Å². The van der Waals surface area contributed by atoms with Crippen molar-refractivity contribution >= 4 is 16.9 Å². The average Bonchev–Trinajstić information content (AvgIpc) is 3.36. The highest BCUT2D eigenvalue weighted by atomic mass is 16.1. The third-order valence-electron chi connectivity index (χ3n) is 5.94. The second-order valence-electron chi connectivity index (χ2n) is 7.76. The Bertz CT molecular complexity index is 1090. The zero-order valence-electron chi connectivity index (χ0n) is 15.5. The number of aromatic nitrogens is 5. The van der Waals surface area contributed by atoms with Gasteiger partial charge in [-0.05, 0) is 68.7 Å². The van der Waals surface area contributed by atoms with E-state index in [1.807, 2.05) is 0 Å². The molecule has 3 aromatic rings. The number of benzene rings is 1. The Balaban J connectivity index is 1.23. The lowest BCUT2D eigenvalue weighted by Gasteiger charge is -2.29. The van der Waals surface area contributed by atoms with Crippen LogP contribution in [0.5, 0.6) is 0 Å². The molecule has 8 nitrogen and oxygen atoms in total. The Morgan fingerprint density at radius 2 is 1.89 bits per heavy atom. The number of aryl methyl sites for hydroxylation is 2. The van der Waals surface area contributed by atoms with E-state index >= 15 is 0 Å². The molecule has 2 N–H and O–H groups in total. The fraction of sp³-hybridized carbons (Fsp3) is 0.450. The quantitative estimate of drug-likeness (QED) is 0.724. The predicted molar refractivity (Wildman–Crippen MR) is 103 cm³/mol. The summed E-state index contributed by atoms with van der Waals surface area (Å²) in [4.78, 5) is 25.0. The molecule has 144 valence electrons. The van der Waals surface area contributed by atoms with Crippen LogP contribution >= 0.6 is 0 Å². The molecule has 8 heteroatoms. The van der Waals surface area contributed by atoms with Gasteiger partial charge in [0.05, 0.1) is 11.7 Å². The lowest BCUT2D eigenvalue weighted by molar-refractivity contribution is 0.0921. The summed E-state index contributed by atoms with van der Waals surface area (Å²) in [6, 6.07) is 7.30. The summed E-state index contributed by atoms with van der Waals surface area (Å²) >= 11 is 0. The van der Waals surface area contributed by atoms with E-state index < -0.39 is 0 Å². The van der Waals surface area contributed by atoms with Crippen LogP contribution in [0.15, 0.2) is 29.1 Å². The van der Waals surface area contributed by atoms with Crippen LogP contribution in [0.3, 0.4) is 0 Å². The molecule has 28 heavy (non-hydrogen) atoms. The van der Waals surface area contributed by atoms with E-state index in [1.54, 1.807) is 28.9 Å². The molecule has 0 radical (unpaired) electrons. The van der Waals surface area contributed by atoms with Crippen molar-refractivity contribution in [1.82, 2.24) is 30.5 Å². The van der Waals surface area contributed by atoms with Gasteiger partial charge in [-0.25, -0.2) is 4.68 Å². The van der Waals surface area contributed by atoms with Gasteiger partial charge < -0.3 is 5.32 Å². The first-order valence-corrected chi connectivity index (χ1v) is 9.90. The van der Waals surface area contributed by atoms with Crippen molar-refractivity contribution < 1.29 is 4.79 Å². The van der Waals surface area contributed by atoms with Gasteiger partial charge >= 0.3 is 0 Å². The summed E-state index contributed by atoms with van der Waals surface area (Å²) in [5, 5.41) is 18.3. The largest absolute Gasteiger partial charge is 0.349 e. The summed E-state index contributed by atoms with van der Waals surface area (Å²) in [6.07, 6.45) is 6.40. The highest BCUT2D eigenvalue weighted by Crippen LogP contribution is 2.28. The second kappa shape index (κ2) is 6.85. The maximum Gasteiger partial charge on any atom is 0.267 e. The standard InChI is InChI=1S/C20H22N6O2/c27-19-11-12-2-1-3-16(12)24-26(19)15-7-5-14(6-8-15)21-20(28)13-4-9-17-18(10-13)23-25-22-17/h4,9-11,14-15H,1-3,5-8H2,(H,21,28)(H,22,23,25). The minimum absolute atomic E-state index is 0.00838. The second-order valence-corrected chi connectivity index (χ2v) is 7.76. The molecule has 1 saturated carbocycles. The minimum atomic E-state index is -0.0961. The molecular formula is C20H22N6O2. The average molecular weight is 378 g/mol. The molecule has 0 spiro atoms. The molecule has 0 saturated heterocycles. The molecule has 2 aliphatic carbocycles. The molecule has 0 bridgehead atoms. The number of rotatable bonds is 3. The van der Waals surface area contributed by atoms with Crippen molar-refractivity contribution in [3.05, 3.63) is 51.4 Å². The maximum atomic E-state index is 12.6. The third-order valence-corrected chi connectivity index (χ3v) is 5.94. The van der Waals surface area contributed by atoms with E-state index in [4.69, 9.17) is 0 Å². The smallest absolute Gasteiger partial charge is 0.267 e. The van der Waals surface area contributed by atoms with Crippen LogP contribution in [0.25, 0.3) is 11.0 Å². The van der Waals surface area contributed by atoms with Crippen molar-refractivity contribution in [2.24, 2.45) is 0 Å². The molecule has 1 amide bonds. The van der Waals surface area contributed by atoms with Crippen LogP contribution in [0.4, 0.5) is 0 Å². The van der Waals surface area contributed by atoms with Crippen LogP contribution in [-0.2, 0) is 12.8 Å². The Morgan fingerprint density at radius 3 is 2.75 bits per heavy atom. The molecule has 2 aliphatic rings. The van der Waals surface area contributed by atoms with Crippen LogP contribution in [0.1, 0.15) is 59.8 Å². The number of hydrogen-bond acceptors (Lipinski definition) is 5. The summed E-state index contributed by atoms with van der Waals surface area (Å²) in [5.74, 6) is -0.0961. The molecule has 0 unspecified atom stereocenters. The molecular weight excluding hydrogens is 356 g/mol. The lowest BCUT2D eigenvalue weighted by atomic mass is 9.91. The summed E-state index contributed by atoms with van der Waals surface area (Å²) < 4.78 is 1.68. The Morgan fingerprint density at radius 1 is 1.07 bits per heavy atom. The predicted octanol–water partition coefficient (Wildman–Crippen LogP) is 1.92. The van der Waals surface area contributed by atoms with Gasteiger partial charge in [0.2, 0.25) is 0 Å². The van der Waals surface area contributed by atoms with Gasteiger partial charge in [-0.1, -0.05) is 0 Å². The van der Waals surface area contributed by atoms with E-state index in [1.165, 1.54) is 0 Å². The first-order valence-electron chi connectivity index (χ1n) is 9.90. The highest BCUT2D eigenvalue weighted by Gasteiger charge is 2.26. The molecule has 0 atom stereocenters. The monoisotopic (exact) mass is 378 g/mol. The third kappa shape index (κ3) is 3.08. The number of hydrogen-bond donors (Lipinski definition) is 2. The fourth-order valence-corrected chi connectivity index (χ4v) is 4.39. The van der Waals surface area contributed by atoms with Gasteiger partial charge in [0.25, 0.3) is 11.5 Å². The van der Waals surface area contributed by atoms with Crippen molar-refractivity contribution in [3.8, 4) is 0 Å². The molecule has 1 aromatic carbocycles. The number of aromatic amines is 1. The van der Waals surface area contributed by atoms with Gasteiger partial charge in [-0.3, -0.25) is 9.59 Å². The van der Waals surface area contributed by atoms with Crippen molar-refractivity contribution in [1.29, 1.82) is 0 Å². The molecule has 1 fully saturated rings. The zero-order chi connectivity index (χ0) is 19.1. The SMILES string of the molecule is O=C(NC1CCC(n2nc3c(cc2=O)CCC3)CC1)c1ccc2n[nH]nc2c1. The van der Waals surface area contributed by atoms with E-state index in [0.717, 1.165) is 61.7 Å². The number of carbonyl (C=O) groups is 1. The van der Waals surface area contributed by atoms with Crippen molar-refractivity contribution in [3.63, 3.8) is 0 Å². The first-order chi connectivity index (χ1) is 13.7. The van der Waals surface area contributed by atoms with Gasteiger partial charge in [-0.15, -0.1) is 0 Å². The van der Waals surface area contributed by atoms with Crippen molar-refractivity contribution in [2.75, 3.05) is 0 Å². The Labute approximate surface area is 161 Å². The molecule has 2 aromatic heterocycles. The number of carbonyl (C=O) groups excluding carboxylic acids is 1. The van der Waals surface area contributed by atoms with E-state index in [-0.39, 0.29) is 23.6 Å². The molecule has 2 heterocycles. The molecule has 5 rings (SSSR count). The van der Waals surface area contributed by atoms with Crippen LogP contribution in [-0.4, -0.2) is 37.1 Å². The summed E-state index contributed by atoms with van der Waals surface area (Å²) in [7, 11) is 0. The van der Waals surface area contributed by atoms with E-state index in [2.05, 4.69) is 25.8 Å². The van der Waals surface area contributed by atoms with E-state index in [0.29, 0.717) is 11.1 Å². The van der Waals surface area contributed by atoms with Crippen LogP contribution in [0, 0.1) is 0 Å². The Hall–Kier alpha value is -3.03. The maximum absolute atomic E-state index is 12.6. The lowest BCUT2D eigenvalue weighted by Crippen LogP contribution is -2.39. The number of nitrogens with one attached hydrogen (secondary N) is 2. The van der Waals surface area contributed by atoms with Crippen LogP contribution in [0.2, 0.25) is 0 Å². The number of fused-ring (bicyclic) bond motifs is 2. The van der Waals surface area contributed by atoms with Gasteiger partial charge in [0.1, 0.15) is 11.0 Å².